The molecule has 0 aliphatic carbocycles. The molecule has 4 rings (SSSR count). The van der Waals surface area contributed by atoms with Crippen molar-refractivity contribution in [3.63, 3.8) is 0 Å². The van der Waals surface area contributed by atoms with Crippen LogP contribution in [0.5, 0.6) is 5.75 Å². The van der Waals surface area contributed by atoms with Crippen LogP contribution in [0.15, 0.2) is 77.6 Å². The zero-order valence-corrected chi connectivity index (χ0v) is 22.8. The average molecular weight is 513 g/mol. The first-order valence-electron chi connectivity index (χ1n) is 13.1. The zero-order chi connectivity index (χ0) is 27.2. The largest absolute Gasteiger partial charge is 0.497 e. The number of benzene rings is 3. The Kier molecular flexibility index (Phi) is 8.46. The van der Waals surface area contributed by atoms with Crippen molar-refractivity contribution in [2.45, 2.75) is 46.6 Å². The second kappa shape index (κ2) is 11.9. The van der Waals surface area contributed by atoms with Crippen LogP contribution in [0.25, 0.3) is 16.6 Å². The maximum Gasteiger partial charge on any atom is 0.322 e. The molecule has 7 heteroatoms. The molecule has 0 bridgehead atoms. The molecule has 3 aromatic carbocycles. The molecule has 0 aliphatic heterocycles. The van der Waals surface area contributed by atoms with Crippen molar-refractivity contribution in [1.82, 2.24) is 14.5 Å². The van der Waals surface area contributed by atoms with Gasteiger partial charge in [0.25, 0.3) is 5.56 Å². The smallest absolute Gasteiger partial charge is 0.322 e. The fraction of sp³-hybridized carbons (Fsp3) is 0.323. The van der Waals surface area contributed by atoms with Gasteiger partial charge in [0.15, 0.2) is 0 Å². The Bertz CT molecular complexity index is 1460. The number of methoxy groups -OCH3 is 1. The zero-order valence-electron chi connectivity index (χ0n) is 22.8. The van der Waals surface area contributed by atoms with E-state index >= 15 is 0 Å². The van der Waals surface area contributed by atoms with Gasteiger partial charge in [-0.15, -0.1) is 0 Å². The minimum absolute atomic E-state index is 0.169. The van der Waals surface area contributed by atoms with Crippen molar-refractivity contribution in [3.05, 3.63) is 94.5 Å². The number of nitrogens with one attached hydrogen (secondary N) is 1. The van der Waals surface area contributed by atoms with Crippen LogP contribution < -0.4 is 15.6 Å². The monoisotopic (exact) mass is 512 g/mol. The Morgan fingerprint density at radius 1 is 1.05 bits per heavy atom. The Labute approximate surface area is 224 Å². The second-order valence-electron chi connectivity index (χ2n) is 9.93. The lowest BCUT2D eigenvalue weighted by Crippen LogP contribution is -2.41. The van der Waals surface area contributed by atoms with E-state index in [0.29, 0.717) is 47.0 Å². The summed E-state index contributed by atoms with van der Waals surface area (Å²) in [5.74, 6) is 1.62. The first-order valence-corrected chi connectivity index (χ1v) is 13.1. The third-order valence-electron chi connectivity index (χ3n) is 6.67. The Morgan fingerprint density at radius 2 is 1.79 bits per heavy atom. The lowest BCUT2D eigenvalue weighted by atomic mass is 10.1. The SMILES string of the molecule is CCC(c1nc2ccccc2c(=O)n1-c1ccc(OC)cc1)N(CCC(C)C)C(=O)Nc1cccc(C)c1. The van der Waals surface area contributed by atoms with E-state index < -0.39 is 6.04 Å². The van der Waals surface area contributed by atoms with E-state index in [1.807, 2.05) is 85.5 Å². The molecule has 1 heterocycles. The van der Waals surface area contributed by atoms with Crippen LogP contribution in [0.1, 0.15) is 51.0 Å². The summed E-state index contributed by atoms with van der Waals surface area (Å²) in [4.78, 5) is 34.5. The molecule has 0 spiro atoms. The van der Waals surface area contributed by atoms with E-state index in [2.05, 4.69) is 19.2 Å². The number of urea groups is 1. The second-order valence-corrected chi connectivity index (χ2v) is 9.93. The number of nitrogens with zero attached hydrogens (tertiary/aromatic N) is 3. The molecule has 4 aromatic rings. The van der Waals surface area contributed by atoms with Crippen molar-refractivity contribution < 1.29 is 9.53 Å². The van der Waals surface area contributed by atoms with E-state index in [1.165, 1.54) is 0 Å². The quantitative estimate of drug-likeness (QED) is 0.270. The molecule has 0 fully saturated rings. The summed E-state index contributed by atoms with van der Waals surface area (Å²) in [6.07, 6.45) is 1.40. The summed E-state index contributed by atoms with van der Waals surface area (Å²) in [7, 11) is 1.61. The summed E-state index contributed by atoms with van der Waals surface area (Å²) in [5.41, 5.74) is 2.91. The number of amides is 2. The first kappa shape index (κ1) is 26.9. The fourth-order valence-corrected chi connectivity index (χ4v) is 4.61. The maximum atomic E-state index is 13.9. The minimum Gasteiger partial charge on any atom is -0.497 e. The summed E-state index contributed by atoms with van der Waals surface area (Å²) in [6, 6.07) is 21.8. The van der Waals surface area contributed by atoms with E-state index in [-0.39, 0.29) is 11.6 Å². The standard InChI is InChI=1S/C31H36N4O3/c1-6-28(34(19-18-21(2)3)31(37)32-23-11-9-10-22(4)20-23)29-33-27-13-8-7-12-26(27)30(36)35(29)24-14-16-25(38-5)17-15-24/h7-17,20-21,28H,6,18-19H2,1-5H3,(H,32,37). The van der Waals surface area contributed by atoms with Crippen molar-refractivity contribution in [3.8, 4) is 11.4 Å². The van der Waals surface area contributed by atoms with E-state index in [9.17, 15) is 9.59 Å². The van der Waals surface area contributed by atoms with Gasteiger partial charge in [-0.2, -0.15) is 0 Å². The Morgan fingerprint density at radius 3 is 2.45 bits per heavy atom. The summed E-state index contributed by atoms with van der Waals surface area (Å²) >= 11 is 0. The predicted molar refractivity (Wildman–Crippen MR) is 153 cm³/mol. The van der Waals surface area contributed by atoms with Gasteiger partial charge in [0.2, 0.25) is 0 Å². The highest BCUT2D eigenvalue weighted by molar-refractivity contribution is 5.89. The molecule has 2 amide bonds. The topological polar surface area (TPSA) is 76.5 Å². The minimum atomic E-state index is -0.432. The number of hydrogen-bond donors (Lipinski definition) is 1. The average Bonchev–Trinajstić information content (AvgIpc) is 2.91. The van der Waals surface area contributed by atoms with Crippen LogP contribution in [0.3, 0.4) is 0 Å². The molecule has 0 saturated carbocycles. The number of hydrogen-bond acceptors (Lipinski definition) is 4. The van der Waals surface area contributed by atoms with Crippen LogP contribution >= 0.6 is 0 Å². The van der Waals surface area contributed by atoms with Gasteiger partial charge in [-0.3, -0.25) is 9.36 Å². The van der Waals surface area contributed by atoms with Crippen molar-refractivity contribution >= 4 is 22.6 Å². The number of rotatable bonds is 9. The molecule has 7 nitrogen and oxygen atoms in total. The highest BCUT2D eigenvalue weighted by Crippen LogP contribution is 2.28. The summed E-state index contributed by atoms with van der Waals surface area (Å²) in [6.45, 7) is 8.82. The van der Waals surface area contributed by atoms with E-state index in [4.69, 9.17) is 9.72 Å². The van der Waals surface area contributed by atoms with Crippen LogP contribution in [-0.4, -0.2) is 34.1 Å². The van der Waals surface area contributed by atoms with Crippen LogP contribution in [-0.2, 0) is 0 Å². The number of aromatic nitrogens is 2. The van der Waals surface area contributed by atoms with Crippen molar-refractivity contribution in [2.24, 2.45) is 5.92 Å². The fourth-order valence-electron chi connectivity index (χ4n) is 4.61. The molecule has 0 aliphatic rings. The normalized spacial score (nSPS) is 11.9. The number of anilines is 1. The van der Waals surface area contributed by atoms with Gasteiger partial charge in [0, 0.05) is 12.2 Å². The van der Waals surface area contributed by atoms with Crippen molar-refractivity contribution in [2.75, 3.05) is 19.0 Å². The van der Waals surface area contributed by atoms with Crippen LogP contribution in [0.4, 0.5) is 10.5 Å². The van der Waals surface area contributed by atoms with Gasteiger partial charge >= 0.3 is 6.03 Å². The molecule has 1 unspecified atom stereocenters. The lowest BCUT2D eigenvalue weighted by molar-refractivity contribution is 0.176. The molecule has 0 saturated heterocycles. The maximum absolute atomic E-state index is 13.9. The molecule has 1 aromatic heterocycles. The lowest BCUT2D eigenvalue weighted by Gasteiger charge is -2.33. The van der Waals surface area contributed by atoms with Gasteiger partial charge < -0.3 is 15.0 Å². The van der Waals surface area contributed by atoms with Gasteiger partial charge in [-0.1, -0.05) is 45.0 Å². The number of para-hydroxylation sites is 1. The predicted octanol–water partition coefficient (Wildman–Crippen LogP) is 6.73. The first-order chi connectivity index (χ1) is 18.3. The molecular formula is C31H36N4O3. The summed E-state index contributed by atoms with van der Waals surface area (Å²) < 4.78 is 6.97. The Hall–Kier alpha value is -4.13. The summed E-state index contributed by atoms with van der Waals surface area (Å²) in [5, 5.41) is 3.60. The van der Waals surface area contributed by atoms with Crippen LogP contribution in [0, 0.1) is 12.8 Å². The van der Waals surface area contributed by atoms with Crippen LogP contribution in [0.2, 0.25) is 0 Å². The number of carbonyl (C=O) groups excluding carboxylic acids is 1. The van der Waals surface area contributed by atoms with Gasteiger partial charge in [-0.25, -0.2) is 9.78 Å². The highest BCUT2D eigenvalue weighted by atomic mass is 16.5. The van der Waals surface area contributed by atoms with Gasteiger partial charge in [0.1, 0.15) is 11.6 Å². The number of ether oxygens (including phenoxy) is 1. The van der Waals surface area contributed by atoms with Gasteiger partial charge in [-0.05, 0) is 79.8 Å². The highest BCUT2D eigenvalue weighted by Gasteiger charge is 2.29. The molecule has 0 radical (unpaired) electrons. The molecule has 198 valence electrons. The number of carbonyl (C=O) groups is 1. The van der Waals surface area contributed by atoms with E-state index in [1.54, 1.807) is 17.7 Å². The van der Waals surface area contributed by atoms with Crippen molar-refractivity contribution in [1.29, 1.82) is 0 Å². The molecular weight excluding hydrogens is 476 g/mol. The molecule has 1 N–H and O–H groups in total. The third kappa shape index (κ3) is 5.88. The molecule has 38 heavy (non-hydrogen) atoms. The number of aryl methyl sites for hydroxylation is 1. The third-order valence-corrected chi connectivity index (χ3v) is 6.67. The number of fused-ring (bicyclic) bond motifs is 1. The Balaban J connectivity index is 1.86. The van der Waals surface area contributed by atoms with Gasteiger partial charge in [0.05, 0.1) is 29.7 Å². The van der Waals surface area contributed by atoms with E-state index in [0.717, 1.165) is 17.7 Å². The molecule has 1 atom stereocenters.